The first kappa shape index (κ1) is 17.3. The molecule has 2 aromatic rings. The minimum absolute atomic E-state index is 0.0254. The van der Waals surface area contributed by atoms with Crippen molar-refractivity contribution in [3.8, 4) is 0 Å². The average molecular weight is 363 g/mol. The molecule has 1 aliphatic rings. The van der Waals surface area contributed by atoms with Gasteiger partial charge >= 0.3 is 0 Å². The van der Waals surface area contributed by atoms with Crippen molar-refractivity contribution < 1.29 is 17.6 Å². The predicted molar refractivity (Wildman–Crippen MR) is 93.1 cm³/mol. The maximum atomic E-state index is 13.7. The number of nitrogens with zero attached hydrogens (tertiary/aromatic N) is 2. The van der Waals surface area contributed by atoms with Crippen molar-refractivity contribution in [3.63, 3.8) is 0 Å². The highest BCUT2D eigenvalue weighted by atomic mass is 32.2. The van der Waals surface area contributed by atoms with Crippen LogP contribution in [-0.4, -0.2) is 48.8 Å². The van der Waals surface area contributed by atoms with Gasteiger partial charge in [-0.15, -0.1) is 0 Å². The minimum atomic E-state index is -3.08. The number of hydrogen-bond acceptors (Lipinski definition) is 5. The van der Waals surface area contributed by atoms with Crippen molar-refractivity contribution in [1.29, 1.82) is 0 Å². The molecule has 1 atom stereocenters. The largest absolute Gasteiger partial charge is 0.353 e. The number of carbonyl (C=O) groups excluding carboxylic acids is 1. The number of benzene rings is 1. The lowest BCUT2D eigenvalue weighted by Gasteiger charge is -2.23. The molecule has 1 saturated heterocycles. The van der Waals surface area contributed by atoms with Crippen molar-refractivity contribution in [3.05, 3.63) is 54.1 Å². The van der Waals surface area contributed by atoms with Gasteiger partial charge in [0.05, 0.1) is 17.2 Å². The third-order valence-electron chi connectivity index (χ3n) is 4.21. The van der Waals surface area contributed by atoms with Crippen LogP contribution in [0.4, 0.5) is 15.8 Å². The van der Waals surface area contributed by atoms with E-state index >= 15 is 0 Å². The van der Waals surface area contributed by atoms with E-state index in [0.29, 0.717) is 17.8 Å². The minimum Gasteiger partial charge on any atom is -0.353 e. The molecule has 0 radical (unpaired) electrons. The first-order valence-electron chi connectivity index (χ1n) is 7.81. The number of sulfone groups is 1. The molecule has 132 valence electrons. The Morgan fingerprint density at radius 3 is 2.76 bits per heavy atom. The standard InChI is InChI=1S/C17H18FN3O3S/c1-21(13-7-9-25(23,24)11-13)17(22)16-10-12(6-8-19-16)20-15-5-3-2-4-14(15)18/h2-6,8,10,13H,7,9,11H2,1H3,(H,19,20). The highest BCUT2D eigenvalue weighted by Gasteiger charge is 2.33. The first-order chi connectivity index (χ1) is 11.9. The number of anilines is 2. The molecule has 1 unspecified atom stereocenters. The van der Waals surface area contributed by atoms with E-state index in [1.165, 1.54) is 23.2 Å². The van der Waals surface area contributed by atoms with Gasteiger partial charge in [0, 0.05) is 25.0 Å². The van der Waals surface area contributed by atoms with Crippen LogP contribution in [0.5, 0.6) is 0 Å². The van der Waals surface area contributed by atoms with Crippen molar-refractivity contribution in [2.45, 2.75) is 12.5 Å². The molecule has 1 fully saturated rings. The summed E-state index contributed by atoms with van der Waals surface area (Å²) >= 11 is 0. The summed E-state index contributed by atoms with van der Waals surface area (Å²) in [5.41, 5.74) is 0.992. The van der Waals surface area contributed by atoms with Gasteiger partial charge in [0.25, 0.3) is 5.91 Å². The van der Waals surface area contributed by atoms with E-state index in [0.717, 1.165) is 0 Å². The summed E-state index contributed by atoms with van der Waals surface area (Å²) in [6, 6.07) is 9.02. The normalized spacial score (nSPS) is 18.7. The van der Waals surface area contributed by atoms with Crippen molar-refractivity contribution in [1.82, 2.24) is 9.88 Å². The van der Waals surface area contributed by atoms with Crippen molar-refractivity contribution >= 4 is 27.1 Å². The van der Waals surface area contributed by atoms with Gasteiger partial charge in [0.1, 0.15) is 11.5 Å². The molecule has 1 aromatic carbocycles. The lowest BCUT2D eigenvalue weighted by atomic mass is 10.2. The zero-order valence-corrected chi connectivity index (χ0v) is 14.5. The number of nitrogens with one attached hydrogen (secondary N) is 1. The van der Waals surface area contributed by atoms with E-state index in [-0.39, 0.29) is 29.1 Å². The Labute approximate surface area is 145 Å². The third-order valence-corrected chi connectivity index (χ3v) is 5.96. The first-order valence-corrected chi connectivity index (χ1v) is 9.63. The summed E-state index contributed by atoms with van der Waals surface area (Å²) in [6.45, 7) is 0. The van der Waals surface area contributed by atoms with Gasteiger partial charge in [-0.2, -0.15) is 0 Å². The van der Waals surface area contributed by atoms with Crippen LogP contribution in [0.3, 0.4) is 0 Å². The number of rotatable bonds is 4. The van der Waals surface area contributed by atoms with E-state index in [1.807, 2.05) is 0 Å². The van der Waals surface area contributed by atoms with E-state index in [4.69, 9.17) is 0 Å². The van der Waals surface area contributed by atoms with Crippen molar-refractivity contribution in [2.75, 3.05) is 23.9 Å². The van der Waals surface area contributed by atoms with Crippen LogP contribution in [0, 0.1) is 5.82 Å². The number of hydrogen-bond donors (Lipinski definition) is 1. The highest BCUT2D eigenvalue weighted by Crippen LogP contribution is 2.22. The maximum absolute atomic E-state index is 13.7. The molecule has 2 heterocycles. The summed E-state index contributed by atoms with van der Waals surface area (Å²) < 4.78 is 36.9. The zero-order valence-electron chi connectivity index (χ0n) is 13.6. The van der Waals surface area contributed by atoms with Gasteiger partial charge in [-0.05, 0) is 30.7 Å². The van der Waals surface area contributed by atoms with Crippen molar-refractivity contribution in [2.24, 2.45) is 0 Å². The Morgan fingerprint density at radius 2 is 2.08 bits per heavy atom. The molecule has 1 amide bonds. The Kier molecular flexibility index (Phi) is 4.71. The zero-order chi connectivity index (χ0) is 18.0. The molecule has 1 N–H and O–H groups in total. The molecule has 1 aromatic heterocycles. The number of amides is 1. The number of aromatic nitrogens is 1. The molecule has 25 heavy (non-hydrogen) atoms. The van der Waals surface area contributed by atoms with Crippen LogP contribution >= 0.6 is 0 Å². The SMILES string of the molecule is CN(C(=O)c1cc(Nc2ccccc2F)ccn1)C1CCS(=O)(=O)C1. The molecule has 0 aliphatic carbocycles. The summed E-state index contributed by atoms with van der Waals surface area (Å²) in [4.78, 5) is 18.1. The Balaban J connectivity index is 1.77. The quantitative estimate of drug-likeness (QED) is 0.901. The molecular weight excluding hydrogens is 345 g/mol. The summed E-state index contributed by atoms with van der Waals surface area (Å²) in [6.07, 6.45) is 1.88. The highest BCUT2D eigenvalue weighted by molar-refractivity contribution is 7.91. The second-order valence-corrected chi connectivity index (χ2v) is 8.24. The fourth-order valence-corrected chi connectivity index (χ4v) is 4.55. The molecule has 6 nitrogen and oxygen atoms in total. The molecule has 8 heteroatoms. The Morgan fingerprint density at radius 1 is 1.32 bits per heavy atom. The van der Waals surface area contributed by atoms with Gasteiger partial charge in [0.2, 0.25) is 0 Å². The van der Waals surface area contributed by atoms with Crippen LogP contribution < -0.4 is 5.32 Å². The van der Waals surface area contributed by atoms with Gasteiger partial charge < -0.3 is 10.2 Å². The van der Waals surface area contributed by atoms with Gasteiger partial charge in [0.15, 0.2) is 9.84 Å². The molecule has 0 spiro atoms. The van der Waals surface area contributed by atoms with Crippen LogP contribution in [0.15, 0.2) is 42.6 Å². The second kappa shape index (κ2) is 6.79. The molecular formula is C17H18FN3O3S. The van der Waals surface area contributed by atoms with Crippen LogP contribution in [0.25, 0.3) is 0 Å². The van der Waals surface area contributed by atoms with E-state index in [1.54, 1.807) is 31.3 Å². The summed E-state index contributed by atoms with van der Waals surface area (Å²) in [5, 5.41) is 2.91. The fourth-order valence-electron chi connectivity index (χ4n) is 2.77. The number of halogens is 1. The lowest BCUT2D eigenvalue weighted by molar-refractivity contribution is 0.0742. The van der Waals surface area contributed by atoms with Crippen LogP contribution in [0.2, 0.25) is 0 Å². The Bertz CT molecular complexity index is 902. The van der Waals surface area contributed by atoms with Gasteiger partial charge in [-0.1, -0.05) is 12.1 Å². The summed E-state index contributed by atoms with van der Waals surface area (Å²) in [7, 11) is -1.50. The fraction of sp³-hybridized carbons (Fsp3) is 0.294. The number of para-hydroxylation sites is 1. The third kappa shape index (κ3) is 3.96. The van der Waals surface area contributed by atoms with Crippen LogP contribution in [-0.2, 0) is 9.84 Å². The summed E-state index contributed by atoms with van der Waals surface area (Å²) in [5.74, 6) is -0.695. The molecule has 0 bridgehead atoms. The van der Waals surface area contributed by atoms with Gasteiger partial charge in [-0.25, -0.2) is 12.8 Å². The molecule has 0 saturated carbocycles. The van der Waals surface area contributed by atoms with E-state index < -0.39 is 15.7 Å². The predicted octanol–water partition coefficient (Wildman–Crippen LogP) is 2.22. The second-order valence-electron chi connectivity index (χ2n) is 6.01. The Hall–Kier alpha value is -2.48. The topological polar surface area (TPSA) is 79.4 Å². The van der Waals surface area contributed by atoms with Crippen LogP contribution in [0.1, 0.15) is 16.9 Å². The monoisotopic (exact) mass is 363 g/mol. The maximum Gasteiger partial charge on any atom is 0.272 e. The number of carbonyl (C=O) groups is 1. The number of pyridine rings is 1. The van der Waals surface area contributed by atoms with E-state index in [2.05, 4.69) is 10.3 Å². The van der Waals surface area contributed by atoms with Gasteiger partial charge in [-0.3, -0.25) is 9.78 Å². The van der Waals surface area contributed by atoms with E-state index in [9.17, 15) is 17.6 Å². The molecule has 1 aliphatic heterocycles. The average Bonchev–Trinajstić information content (AvgIpc) is 2.96. The molecule has 3 rings (SSSR count). The smallest absolute Gasteiger partial charge is 0.272 e. The lowest BCUT2D eigenvalue weighted by Crippen LogP contribution is -2.38.